The van der Waals surface area contributed by atoms with Gasteiger partial charge in [0.05, 0.1) is 12.6 Å². The van der Waals surface area contributed by atoms with Crippen LogP contribution in [0.1, 0.15) is 39.6 Å². The highest BCUT2D eigenvalue weighted by molar-refractivity contribution is 6.05. The standard InChI is InChI=1S/C19H21FN2O3/c1-3-15(11-23)21-18(24)13-5-8-16(9-6-13)22-19(25)17-10-14(20)7-4-12(17)2/h4-10,15,23H,3,11H2,1-2H3,(H,21,24)(H,22,25). The Balaban J connectivity index is 2.06. The van der Waals surface area contributed by atoms with E-state index in [0.29, 0.717) is 23.2 Å². The van der Waals surface area contributed by atoms with Gasteiger partial charge in [-0.15, -0.1) is 0 Å². The summed E-state index contributed by atoms with van der Waals surface area (Å²) >= 11 is 0. The van der Waals surface area contributed by atoms with E-state index in [-0.39, 0.29) is 24.1 Å². The van der Waals surface area contributed by atoms with E-state index >= 15 is 0 Å². The van der Waals surface area contributed by atoms with Gasteiger partial charge in [0.15, 0.2) is 0 Å². The summed E-state index contributed by atoms with van der Waals surface area (Å²) in [6.07, 6.45) is 0.628. The van der Waals surface area contributed by atoms with Crippen LogP contribution in [0.2, 0.25) is 0 Å². The fourth-order valence-electron chi connectivity index (χ4n) is 2.29. The zero-order valence-electron chi connectivity index (χ0n) is 14.2. The molecular formula is C19H21FN2O3. The Labute approximate surface area is 145 Å². The third-order valence-electron chi connectivity index (χ3n) is 3.90. The smallest absolute Gasteiger partial charge is 0.256 e. The molecule has 0 radical (unpaired) electrons. The Morgan fingerprint density at radius 2 is 1.80 bits per heavy atom. The molecule has 5 nitrogen and oxygen atoms in total. The zero-order chi connectivity index (χ0) is 18.4. The van der Waals surface area contributed by atoms with Gasteiger partial charge in [0, 0.05) is 16.8 Å². The van der Waals surface area contributed by atoms with Crippen LogP contribution in [-0.4, -0.2) is 29.6 Å². The molecule has 0 aliphatic rings. The van der Waals surface area contributed by atoms with Gasteiger partial charge in [-0.3, -0.25) is 9.59 Å². The van der Waals surface area contributed by atoms with Gasteiger partial charge < -0.3 is 15.7 Å². The Kier molecular flexibility index (Phi) is 6.25. The van der Waals surface area contributed by atoms with Crippen molar-refractivity contribution in [1.29, 1.82) is 0 Å². The van der Waals surface area contributed by atoms with E-state index in [1.165, 1.54) is 12.1 Å². The van der Waals surface area contributed by atoms with Gasteiger partial charge in [-0.1, -0.05) is 13.0 Å². The van der Waals surface area contributed by atoms with E-state index in [1.807, 2.05) is 6.92 Å². The molecule has 132 valence electrons. The van der Waals surface area contributed by atoms with Crippen molar-refractivity contribution in [1.82, 2.24) is 5.32 Å². The Morgan fingerprint density at radius 3 is 2.40 bits per heavy atom. The van der Waals surface area contributed by atoms with E-state index in [0.717, 1.165) is 0 Å². The van der Waals surface area contributed by atoms with Gasteiger partial charge in [0.1, 0.15) is 5.82 Å². The zero-order valence-corrected chi connectivity index (χ0v) is 14.2. The maximum atomic E-state index is 13.3. The molecule has 2 rings (SSSR count). The number of amides is 2. The van der Waals surface area contributed by atoms with Gasteiger partial charge in [0.25, 0.3) is 11.8 Å². The molecule has 0 spiro atoms. The largest absolute Gasteiger partial charge is 0.394 e. The molecule has 0 saturated carbocycles. The maximum absolute atomic E-state index is 13.3. The molecular weight excluding hydrogens is 323 g/mol. The van der Waals surface area contributed by atoms with Crippen molar-refractivity contribution in [3.8, 4) is 0 Å². The lowest BCUT2D eigenvalue weighted by Gasteiger charge is -2.14. The summed E-state index contributed by atoms with van der Waals surface area (Å²) in [5.41, 5.74) is 1.85. The highest BCUT2D eigenvalue weighted by Gasteiger charge is 2.13. The van der Waals surface area contributed by atoms with Crippen LogP contribution >= 0.6 is 0 Å². The first-order valence-electron chi connectivity index (χ1n) is 8.04. The number of rotatable bonds is 6. The molecule has 1 atom stereocenters. The molecule has 0 aliphatic carbocycles. The van der Waals surface area contributed by atoms with Crippen molar-refractivity contribution >= 4 is 17.5 Å². The molecule has 0 heterocycles. The number of halogens is 1. The number of benzene rings is 2. The topological polar surface area (TPSA) is 78.4 Å². The van der Waals surface area contributed by atoms with E-state index in [2.05, 4.69) is 10.6 Å². The lowest BCUT2D eigenvalue weighted by molar-refractivity contribution is 0.0914. The van der Waals surface area contributed by atoms with Gasteiger partial charge in [-0.2, -0.15) is 0 Å². The Morgan fingerprint density at radius 1 is 1.12 bits per heavy atom. The molecule has 0 fully saturated rings. The maximum Gasteiger partial charge on any atom is 0.256 e. The summed E-state index contributed by atoms with van der Waals surface area (Å²) in [6, 6.07) is 10.1. The summed E-state index contributed by atoms with van der Waals surface area (Å²) in [6.45, 7) is 3.48. The first-order chi connectivity index (χ1) is 11.9. The van der Waals surface area contributed by atoms with Crippen LogP contribution in [0.3, 0.4) is 0 Å². The predicted molar refractivity (Wildman–Crippen MR) is 94.2 cm³/mol. The minimum atomic E-state index is -0.475. The molecule has 0 aliphatic heterocycles. The predicted octanol–water partition coefficient (Wildman–Crippen LogP) is 2.89. The molecule has 25 heavy (non-hydrogen) atoms. The van der Waals surface area contributed by atoms with Crippen molar-refractivity contribution < 1.29 is 19.1 Å². The van der Waals surface area contributed by atoms with Crippen molar-refractivity contribution in [3.63, 3.8) is 0 Å². The quantitative estimate of drug-likeness (QED) is 0.754. The molecule has 3 N–H and O–H groups in total. The SMILES string of the molecule is CCC(CO)NC(=O)c1ccc(NC(=O)c2cc(F)ccc2C)cc1. The highest BCUT2D eigenvalue weighted by atomic mass is 19.1. The van der Waals surface area contributed by atoms with Crippen LogP contribution in [0, 0.1) is 12.7 Å². The fraction of sp³-hybridized carbons (Fsp3) is 0.263. The van der Waals surface area contributed by atoms with Crippen LogP contribution in [-0.2, 0) is 0 Å². The lowest BCUT2D eigenvalue weighted by atomic mass is 10.1. The molecule has 2 aromatic carbocycles. The number of carbonyl (C=O) groups excluding carboxylic acids is 2. The minimum absolute atomic E-state index is 0.122. The van der Waals surface area contributed by atoms with Crippen molar-refractivity contribution in [3.05, 3.63) is 65.0 Å². The number of aliphatic hydroxyl groups is 1. The van der Waals surface area contributed by atoms with E-state index in [4.69, 9.17) is 5.11 Å². The van der Waals surface area contributed by atoms with Crippen LogP contribution in [0.4, 0.5) is 10.1 Å². The average molecular weight is 344 g/mol. The van der Waals surface area contributed by atoms with Gasteiger partial charge in [0.2, 0.25) is 0 Å². The molecule has 2 amide bonds. The number of hydrogen-bond acceptors (Lipinski definition) is 3. The van der Waals surface area contributed by atoms with E-state index < -0.39 is 11.7 Å². The second-order valence-electron chi connectivity index (χ2n) is 5.75. The normalized spacial score (nSPS) is 11.7. The van der Waals surface area contributed by atoms with Crippen LogP contribution in [0.25, 0.3) is 0 Å². The van der Waals surface area contributed by atoms with Crippen molar-refractivity contribution in [2.45, 2.75) is 26.3 Å². The third-order valence-corrected chi connectivity index (χ3v) is 3.90. The van der Waals surface area contributed by atoms with Crippen LogP contribution < -0.4 is 10.6 Å². The number of carbonyl (C=O) groups is 2. The number of hydrogen-bond donors (Lipinski definition) is 3. The molecule has 0 bridgehead atoms. The van der Waals surface area contributed by atoms with E-state index in [9.17, 15) is 14.0 Å². The number of nitrogens with one attached hydrogen (secondary N) is 2. The number of anilines is 1. The number of aryl methyl sites for hydroxylation is 1. The Bertz CT molecular complexity index is 756. The summed E-state index contributed by atoms with van der Waals surface area (Å²) in [5, 5.41) is 14.5. The fourth-order valence-corrected chi connectivity index (χ4v) is 2.29. The summed E-state index contributed by atoms with van der Waals surface area (Å²) in [7, 11) is 0. The molecule has 1 unspecified atom stereocenters. The minimum Gasteiger partial charge on any atom is -0.394 e. The van der Waals surface area contributed by atoms with Crippen LogP contribution in [0.5, 0.6) is 0 Å². The first kappa shape index (κ1) is 18.6. The second-order valence-corrected chi connectivity index (χ2v) is 5.75. The number of aliphatic hydroxyl groups excluding tert-OH is 1. The molecule has 6 heteroatoms. The molecule has 2 aromatic rings. The van der Waals surface area contributed by atoms with Crippen molar-refractivity contribution in [2.24, 2.45) is 0 Å². The monoisotopic (exact) mass is 344 g/mol. The summed E-state index contributed by atoms with van der Waals surface area (Å²) < 4.78 is 13.3. The van der Waals surface area contributed by atoms with Gasteiger partial charge in [-0.05, 0) is 55.3 Å². The molecule has 0 saturated heterocycles. The highest BCUT2D eigenvalue weighted by Crippen LogP contribution is 2.15. The summed E-state index contributed by atoms with van der Waals surface area (Å²) in [5.74, 6) is -1.18. The lowest BCUT2D eigenvalue weighted by Crippen LogP contribution is -2.36. The Hall–Kier alpha value is -2.73. The van der Waals surface area contributed by atoms with Crippen molar-refractivity contribution in [2.75, 3.05) is 11.9 Å². The van der Waals surface area contributed by atoms with Gasteiger partial charge >= 0.3 is 0 Å². The first-order valence-corrected chi connectivity index (χ1v) is 8.04. The average Bonchev–Trinajstić information content (AvgIpc) is 2.62. The van der Waals surface area contributed by atoms with Crippen LogP contribution in [0.15, 0.2) is 42.5 Å². The van der Waals surface area contributed by atoms with E-state index in [1.54, 1.807) is 37.3 Å². The second kappa shape index (κ2) is 8.39. The molecule has 0 aromatic heterocycles. The van der Waals surface area contributed by atoms with Gasteiger partial charge in [-0.25, -0.2) is 4.39 Å². The summed E-state index contributed by atoms with van der Waals surface area (Å²) in [4.78, 5) is 24.3. The third kappa shape index (κ3) is 4.87.